The third kappa shape index (κ3) is 6.86. The highest BCUT2D eigenvalue weighted by Gasteiger charge is 2.42. The number of aromatic nitrogens is 1. The Morgan fingerprint density at radius 2 is 1.65 bits per heavy atom. The number of aryl methyl sites for hydroxylation is 1. The molecule has 1 aromatic carbocycles. The molecule has 9 nitrogen and oxygen atoms in total. The second kappa shape index (κ2) is 12.5. The van der Waals surface area contributed by atoms with Crippen molar-refractivity contribution >= 4 is 34.4 Å². The van der Waals surface area contributed by atoms with Crippen molar-refractivity contribution in [2.24, 2.45) is 18.4 Å². The summed E-state index contributed by atoms with van der Waals surface area (Å²) in [5.74, 6) is -1.61. The molecular formula is C31H49N5O4. The molecule has 1 aromatic heterocycles. The van der Waals surface area contributed by atoms with Gasteiger partial charge in [0.2, 0.25) is 11.8 Å². The fraction of sp³-hybridized carbons (Fsp3) is 0.581. The van der Waals surface area contributed by atoms with Gasteiger partial charge in [0.15, 0.2) is 0 Å². The minimum Gasteiger partial charge on any atom is -0.478 e. The summed E-state index contributed by atoms with van der Waals surface area (Å²) in [6.45, 7) is 15.2. The van der Waals surface area contributed by atoms with E-state index < -0.39 is 34.9 Å². The number of carbonyl (C=O) groups excluding carboxylic acids is 2. The second-order valence-corrected chi connectivity index (χ2v) is 12.7. The molecule has 1 heterocycles. The van der Waals surface area contributed by atoms with Crippen molar-refractivity contribution in [3.8, 4) is 0 Å². The number of carbonyl (C=O) groups is 3. The molecule has 0 radical (unpaired) electrons. The van der Waals surface area contributed by atoms with Gasteiger partial charge in [0, 0.05) is 54.9 Å². The number of nitrogens with one attached hydrogen (secondary N) is 3. The van der Waals surface area contributed by atoms with Crippen LogP contribution in [0.25, 0.3) is 10.9 Å². The van der Waals surface area contributed by atoms with E-state index in [1.54, 1.807) is 25.1 Å². The molecule has 0 fully saturated rings. The largest absolute Gasteiger partial charge is 0.478 e. The van der Waals surface area contributed by atoms with Gasteiger partial charge in [-0.05, 0) is 49.1 Å². The van der Waals surface area contributed by atoms with E-state index in [9.17, 15) is 19.5 Å². The zero-order chi connectivity index (χ0) is 30.7. The average Bonchev–Trinajstić information content (AvgIpc) is 3.20. The molecule has 2 aromatic rings. The molecule has 0 aliphatic carbocycles. The van der Waals surface area contributed by atoms with E-state index in [-0.39, 0.29) is 23.3 Å². The number of aliphatic carboxylic acids is 1. The summed E-state index contributed by atoms with van der Waals surface area (Å²) in [6, 6.07) is 4.25. The first-order valence-corrected chi connectivity index (χ1v) is 13.8. The predicted molar refractivity (Wildman–Crippen MR) is 163 cm³/mol. The smallest absolute Gasteiger partial charge is 0.331 e. The number of nitrogens with zero attached hydrogens (tertiary/aromatic N) is 2. The lowest BCUT2D eigenvalue weighted by Crippen LogP contribution is -2.61. The van der Waals surface area contributed by atoms with Gasteiger partial charge in [0.1, 0.15) is 6.04 Å². The number of amides is 2. The molecule has 0 unspecified atom stereocenters. The third-order valence-electron chi connectivity index (χ3n) is 7.88. The minimum absolute atomic E-state index is 0.0302. The lowest BCUT2D eigenvalue weighted by molar-refractivity contribution is -0.141. The normalized spacial score (nSPS) is 15.1. The monoisotopic (exact) mass is 555 g/mol. The number of carboxylic acid groups (broad SMARTS) is 1. The van der Waals surface area contributed by atoms with Gasteiger partial charge in [-0.3, -0.25) is 9.59 Å². The molecule has 0 saturated heterocycles. The van der Waals surface area contributed by atoms with E-state index in [1.165, 1.54) is 6.92 Å². The summed E-state index contributed by atoms with van der Waals surface area (Å²) < 4.78 is 2.06. The molecule has 3 atom stereocenters. The van der Waals surface area contributed by atoms with Crippen molar-refractivity contribution in [2.75, 3.05) is 26.5 Å². The number of carboxylic acids is 1. The van der Waals surface area contributed by atoms with Crippen LogP contribution >= 0.6 is 0 Å². The predicted octanol–water partition coefficient (Wildman–Crippen LogP) is 4.13. The maximum Gasteiger partial charge on any atom is 0.331 e. The fourth-order valence-corrected chi connectivity index (χ4v) is 5.34. The van der Waals surface area contributed by atoms with Gasteiger partial charge >= 0.3 is 5.97 Å². The van der Waals surface area contributed by atoms with Gasteiger partial charge < -0.3 is 30.5 Å². The Bertz CT molecular complexity index is 1270. The number of hydrogen-bond donors (Lipinski definition) is 4. The van der Waals surface area contributed by atoms with E-state index in [4.69, 9.17) is 0 Å². The Kier molecular flexibility index (Phi) is 10.2. The first kappa shape index (κ1) is 32.9. The molecule has 40 heavy (non-hydrogen) atoms. The first-order valence-electron chi connectivity index (χ1n) is 13.8. The van der Waals surface area contributed by atoms with Crippen molar-refractivity contribution < 1.29 is 19.5 Å². The summed E-state index contributed by atoms with van der Waals surface area (Å²) in [7, 11) is 7.29. The van der Waals surface area contributed by atoms with Crippen LogP contribution in [-0.4, -0.2) is 71.6 Å². The zero-order valence-electron chi connectivity index (χ0n) is 26.3. The van der Waals surface area contributed by atoms with Crippen molar-refractivity contribution in [1.29, 1.82) is 0 Å². The lowest BCUT2D eigenvalue weighted by atomic mass is 9.76. The molecule has 0 aliphatic heterocycles. The standard InChI is InChI=1S/C31H49N5O4/c1-18(2)24(15-19(3)29(39)40)36(12)28(38)26(30(4,5)6)34-27(37)25(33-10)31(7,8)22-17-35(11)23-14-13-20(32-9)16-21(22)23/h13-18,24-26,32-33H,1-12H3,(H,34,37)(H,39,40)/b19-15+/t24-,25+,26-/m1/s1. The van der Waals surface area contributed by atoms with Gasteiger partial charge in [-0.25, -0.2) is 4.79 Å². The van der Waals surface area contributed by atoms with Gasteiger partial charge in [0.05, 0.1) is 12.1 Å². The quantitative estimate of drug-likeness (QED) is 0.310. The molecular weight excluding hydrogens is 506 g/mol. The molecule has 2 amide bonds. The van der Waals surface area contributed by atoms with Crippen LogP contribution < -0.4 is 16.0 Å². The molecule has 9 heteroatoms. The Morgan fingerprint density at radius 1 is 1.05 bits per heavy atom. The average molecular weight is 556 g/mol. The van der Waals surface area contributed by atoms with E-state index >= 15 is 0 Å². The van der Waals surface area contributed by atoms with Gasteiger partial charge in [-0.15, -0.1) is 0 Å². The summed E-state index contributed by atoms with van der Waals surface area (Å²) >= 11 is 0. The number of rotatable bonds is 11. The highest BCUT2D eigenvalue weighted by atomic mass is 16.4. The molecule has 0 bridgehead atoms. The maximum atomic E-state index is 14.0. The Hall–Kier alpha value is -3.33. The molecule has 0 aliphatic rings. The zero-order valence-corrected chi connectivity index (χ0v) is 26.3. The lowest BCUT2D eigenvalue weighted by Gasteiger charge is -2.39. The molecule has 2 rings (SSSR count). The van der Waals surface area contributed by atoms with Crippen LogP contribution in [0.4, 0.5) is 5.69 Å². The highest BCUT2D eigenvalue weighted by Crippen LogP contribution is 2.36. The Morgan fingerprint density at radius 3 is 2.12 bits per heavy atom. The van der Waals surface area contributed by atoms with E-state index in [2.05, 4.69) is 38.8 Å². The second-order valence-electron chi connectivity index (χ2n) is 12.7. The number of likely N-dealkylation sites (N-methyl/N-ethyl adjacent to an activating group) is 2. The van der Waals surface area contributed by atoms with Gasteiger partial charge in [-0.2, -0.15) is 0 Å². The Balaban J connectivity index is 2.47. The van der Waals surface area contributed by atoms with E-state index in [0.29, 0.717) is 0 Å². The number of anilines is 1. The molecule has 0 spiro atoms. The molecule has 4 N–H and O–H groups in total. The van der Waals surface area contributed by atoms with Crippen molar-refractivity contribution in [3.63, 3.8) is 0 Å². The first-order chi connectivity index (χ1) is 18.4. The van der Waals surface area contributed by atoms with E-state index in [0.717, 1.165) is 22.2 Å². The SMILES string of the molecule is CNc1ccc2c(c1)c(C(C)(C)[C@@H](NC)C(=O)N[C@H](C(=O)N(C)[C@H](/C=C(\C)C(=O)O)C(C)C)C(C)(C)C)cn2C. The van der Waals surface area contributed by atoms with Crippen LogP contribution in [-0.2, 0) is 26.8 Å². The van der Waals surface area contributed by atoms with Crippen LogP contribution in [0.5, 0.6) is 0 Å². The third-order valence-corrected chi connectivity index (χ3v) is 7.88. The topological polar surface area (TPSA) is 116 Å². The molecule has 0 saturated carbocycles. The van der Waals surface area contributed by atoms with Gasteiger partial charge in [0.25, 0.3) is 0 Å². The minimum atomic E-state index is -1.03. The van der Waals surface area contributed by atoms with Crippen LogP contribution in [0.15, 0.2) is 36.0 Å². The molecule has 222 valence electrons. The van der Waals surface area contributed by atoms with Gasteiger partial charge in [-0.1, -0.05) is 54.5 Å². The maximum absolute atomic E-state index is 14.0. The summed E-state index contributed by atoms with van der Waals surface area (Å²) in [4.78, 5) is 40.9. The van der Waals surface area contributed by atoms with Crippen LogP contribution in [0.1, 0.15) is 61.0 Å². The van der Waals surface area contributed by atoms with Crippen LogP contribution in [0.3, 0.4) is 0 Å². The van der Waals surface area contributed by atoms with Crippen molar-refractivity contribution in [2.45, 2.75) is 78.9 Å². The van der Waals surface area contributed by atoms with Crippen molar-refractivity contribution in [1.82, 2.24) is 20.1 Å². The highest BCUT2D eigenvalue weighted by molar-refractivity contribution is 5.93. The number of benzene rings is 1. The summed E-state index contributed by atoms with van der Waals surface area (Å²) in [5.41, 5.74) is 1.99. The number of fused-ring (bicyclic) bond motifs is 1. The van der Waals surface area contributed by atoms with Crippen molar-refractivity contribution in [3.05, 3.63) is 41.6 Å². The summed E-state index contributed by atoms with van der Waals surface area (Å²) in [5, 5.41) is 19.9. The van der Waals surface area contributed by atoms with E-state index in [1.807, 2.05) is 68.6 Å². The van der Waals surface area contributed by atoms with Crippen LogP contribution in [0.2, 0.25) is 0 Å². The number of hydrogen-bond acceptors (Lipinski definition) is 5. The summed E-state index contributed by atoms with van der Waals surface area (Å²) in [6.07, 6.45) is 3.66. The fourth-order valence-electron chi connectivity index (χ4n) is 5.34. The van der Waals surface area contributed by atoms with Crippen LogP contribution in [0, 0.1) is 11.3 Å². The Labute approximate surface area is 239 Å².